The first kappa shape index (κ1) is 16.1. The Morgan fingerprint density at radius 2 is 1.80 bits per heavy atom. The lowest BCUT2D eigenvalue weighted by atomic mass is 9.77. The molecule has 0 spiro atoms. The molecular formula is C15H26F3NO. The smallest absolute Gasteiger partial charge is 0.364 e. The molecule has 0 radical (unpaired) electrons. The molecule has 0 aromatic carbocycles. The molecule has 2 nitrogen and oxygen atoms in total. The summed E-state index contributed by atoms with van der Waals surface area (Å²) in [7, 11) is 0. The Morgan fingerprint density at radius 1 is 1.15 bits per heavy atom. The van der Waals surface area contributed by atoms with Gasteiger partial charge in [0.1, 0.15) is 6.61 Å². The molecule has 0 bridgehead atoms. The second kappa shape index (κ2) is 6.65. The summed E-state index contributed by atoms with van der Waals surface area (Å²) in [4.78, 5) is 0. The molecule has 118 valence electrons. The van der Waals surface area contributed by atoms with Crippen LogP contribution >= 0.6 is 0 Å². The van der Waals surface area contributed by atoms with Gasteiger partial charge in [-0.05, 0) is 44.4 Å². The molecule has 0 aromatic rings. The van der Waals surface area contributed by atoms with Gasteiger partial charge >= 0.3 is 6.18 Å². The van der Waals surface area contributed by atoms with E-state index < -0.39 is 18.4 Å². The monoisotopic (exact) mass is 293 g/mol. The molecule has 20 heavy (non-hydrogen) atoms. The van der Waals surface area contributed by atoms with Crippen molar-refractivity contribution in [2.24, 2.45) is 5.92 Å². The van der Waals surface area contributed by atoms with Crippen LogP contribution in [0, 0.1) is 5.92 Å². The van der Waals surface area contributed by atoms with Crippen molar-refractivity contribution < 1.29 is 17.9 Å². The highest BCUT2D eigenvalue weighted by molar-refractivity contribution is 4.92. The van der Waals surface area contributed by atoms with Gasteiger partial charge in [0.25, 0.3) is 0 Å². The number of rotatable bonds is 7. The zero-order chi connectivity index (χ0) is 14.6. The van der Waals surface area contributed by atoms with E-state index in [1.54, 1.807) is 0 Å². The summed E-state index contributed by atoms with van der Waals surface area (Å²) in [5.74, 6) is 0.670. The van der Waals surface area contributed by atoms with Gasteiger partial charge in [-0.1, -0.05) is 19.8 Å². The van der Waals surface area contributed by atoms with Gasteiger partial charge in [0.05, 0.1) is 5.60 Å². The van der Waals surface area contributed by atoms with E-state index in [4.69, 9.17) is 4.74 Å². The van der Waals surface area contributed by atoms with Crippen LogP contribution in [0.15, 0.2) is 0 Å². The quantitative estimate of drug-likeness (QED) is 0.764. The third-order valence-corrected chi connectivity index (χ3v) is 4.55. The fourth-order valence-corrected chi connectivity index (χ4v) is 3.13. The first-order valence-electron chi connectivity index (χ1n) is 7.86. The summed E-state index contributed by atoms with van der Waals surface area (Å²) < 4.78 is 42.7. The molecule has 2 rings (SSSR count). The van der Waals surface area contributed by atoms with E-state index in [1.165, 1.54) is 6.42 Å². The predicted octanol–water partition coefficient (Wildman–Crippen LogP) is 4.05. The van der Waals surface area contributed by atoms with E-state index in [2.05, 4.69) is 12.2 Å². The lowest BCUT2D eigenvalue weighted by molar-refractivity contribution is -0.211. The van der Waals surface area contributed by atoms with E-state index >= 15 is 0 Å². The van der Waals surface area contributed by atoms with Crippen LogP contribution in [0.3, 0.4) is 0 Å². The fourth-order valence-electron chi connectivity index (χ4n) is 3.13. The molecule has 2 fully saturated rings. The van der Waals surface area contributed by atoms with E-state index in [1.807, 2.05) is 0 Å². The molecular weight excluding hydrogens is 267 g/mol. The van der Waals surface area contributed by atoms with Crippen LogP contribution in [-0.4, -0.2) is 31.0 Å². The number of hydrogen-bond donors (Lipinski definition) is 1. The predicted molar refractivity (Wildman–Crippen MR) is 72.6 cm³/mol. The Hall–Kier alpha value is -0.290. The molecule has 0 unspecified atom stereocenters. The highest BCUT2D eigenvalue weighted by Gasteiger charge is 2.40. The summed E-state index contributed by atoms with van der Waals surface area (Å²) in [6.45, 7) is 1.63. The van der Waals surface area contributed by atoms with Gasteiger partial charge < -0.3 is 10.1 Å². The van der Waals surface area contributed by atoms with Gasteiger partial charge in [0, 0.05) is 12.6 Å². The number of alkyl halides is 3. The van der Waals surface area contributed by atoms with Gasteiger partial charge in [0.15, 0.2) is 0 Å². The normalized spacial score (nSPS) is 31.5. The zero-order valence-electron chi connectivity index (χ0n) is 12.3. The lowest BCUT2D eigenvalue weighted by Crippen LogP contribution is -2.48. The van der Waals surface area contributed by atoms with Gasteiger partial charge in [-0.3, -0.25) is 0 Å². The Labute approximate surface area is 119 Å². The van der Waals surface area contributed by atoms with Crippen molar-refractivity contribution in [3.8, 4) is 0 Å². The maximum absolute atomic E-state index is 12.4. The standard InChI is InChI=1S/C15H26F3NO/c1-2-3-12-6-8-14(9-7-12,10-19-13-4-5-13)20-11-15(16,17)18/h12-13,19H,2-11H2,1H3. The van der Waals surface area contributed by atoms with Crippen molar-refractivity contribution in [1.29, 1.82) is 0 Å². The second-order valence-corrected chi connectivity index (χ2v) is 6.47. The molecule has 0 aromatic heterocycles. The largest absolute Gasteiger partial charge is 0.411 e. The summed E-state index contributed by atoms with van der Waals surface area (Å²) >= 11 is 0. The summed E-state index contributed by atoms with van der Waals surface area (Å²) in [5.41, 5.74) is -0.595. The molecule has 2 aliphatic rings. The Balaban J connectivity index is 1.86. The van der Waals surface area contributed by atoms with E-state index in [0.29, 0.717) is 18.5 Å². The van der Waals surface area contributed by atoms with Crippen molar-refractivity contribution in [2.75, 3.05) is 13.2 Å². The fraction of sp³-hybridized carbons (Fsp3) is 1.00. The average Bonchev–Trinajstić information content (AvgIpc) is 3.20. The van der Waals surface area contributed by atoms with E-state index in [0.717, 1.165) is 44.9 Å². The number of ether oxygens (including phenoxy) is 1. The highest BCUT2D eigenvalue weighted by Crippen LogP contribution is 2.38. The van der Waals surface area contributed by atoms with Crippen LogP contribution in [0.4, 0.5) is 13.2 Å². The van der Waals surface area contributed by atoms with Crippen molar-refractivity contribution in [2.45, 2.75) is 76.1 Å². The van der Waals surface area contributed by atoms with Crippen molar-refractivity contribution in [3.05, 3.63) is 0 Å². The van der Waals surface area contributed by atoms with Crippen LogP contribution in [0.25, 0.3) is 0 Å². The zero-order valence-corrected chi connectivity index (χ0v) is 12.3. The molecule has 0 atom stereocenters. The summed E-state index contributed by atoms with van der Waals surface area (Å²) in [6, 6.07) is 0.509. The van der Waals surface area contributed by atoms with E-state index in [-0.39, 0.29) is 0 Å². The van der Waals surface area contributed by atoms with Crippen molar-refractivity contribution in [1.82, 2.24) is 5.32 Å². The summed E-state index contributed by atoms with van der Waals surface area (Å²) in [5, 5.41) is 3.36. The molecule has 2 aliphatic carbocycles. The average molecular weight is 293 g/mol. The first-order valence-corrected chi connectivity index (χ1v) is 7.86. The van der Waals surface area contributed by atoms with Crippen LogP contribution in [0.5, 0.6) is 0 Å². The maximum Gasteiger partial charge on any atom is 0.411 e. The SMILES string of the molecule is CCCC1CCC(CNC2CC2)(OCC(F)(F)F)CC1. The molecule has 0 saturated heterocycles. The number of nitrogens with one attached hydrogen (secondary N) is 1. The molecule has 0 heterocycles. The van der Waals surface area contributed by atoms with Crippen molar-refractivity contribution >= 4 is 0 Å². The minimum atomic E-state index is -4.23. The third kappa shape index (κ3) is 5.24. The van der Waals surface area contributed by atoms with Crippen LogP contribution in [0.2, 0.25) is 0 Å². The molecule has 0 amide bonds. The minimum absolute atomic E-state index is 0.509. The lowest BCUT2D eigenvalue weighted by Gasteiger charge is -2.40. The Bertz CT molecular complexity index is 294. The molecule has 0 aliphatic heterocycles. The van der Waals surface area contributed by atoms with Crippen molar-refractivity contribution in [3.63, 3.8) is 0 Å². The van der Waals surface area contributed by atoms with Crippen LogP contribution in [-0.2, 0) is 4.74 Å². The second-order valence-electron chi connectivity index (χ2n) is 6.47. The number of halogens is 3. The first-order chi connectivity index (χ1) is 9.42. The highest BCUT2D eigenvalue weighted by atomic mass is 19.4. The summed E-state index contributed by atoms with van der Waals surface area (Å²) in [6.07, 6.45) is 3.91. The topological polar surface area (TPSA) is 21.3 Å². The Kier molecular flexibility index (Phi) is 5.35. The Morgan fingerprint density at radius 3 is 2.30 bits per heavy atom. The van der Waals surface area contributed by atoms with Gasteiger partial charge in [0.2, 0.25) is 0 Å². The minimum Gasteiger partial charge on any atom is -0.364 e. The van der Waals surface area contributed by atoms with Gasteiger partial charge in [-0.2, -0.15) is 13.2 Å². The third-order valence-electron chi connectivity index (χ3n) is 4.55. The molecule has 1 N–H and O–H groups in total. The van der Waals surface area contributed by atoms with Crippen LogP contribution in [0.1, 0.15) is 58.3 Å². The van der Waals surface area contributed by atoms with Gasteiger partial charge in [-0.25, -0.2) is 0 Å². The van der Waals surface area contributed by atoms with E-state index in [9.17, 15) is 13.2 Å². The molecule has 5 heteroatoms. The molecule has 2 saturated carbocycles. The van der Waals surface area contributed by atoms with Crippen LogP contribution < -0.4 is 5.32 Å². The van der Waals surface area contributed by atoms with Gasteiger partial charge in [-0.15, -0.1) is 0 Å². The number of hydrogen-bond acceptors (Lipinski definition) is 2. The maximum atomic E-state index is 12.4.